The van der Waals surface area contributed by atoms with Crippen LogP contribution in [0.5, 0.6) is 0 Å². The number of carbonyl (C=O) groups excluding carboxylic acids is 2. The standard InChI is InChI=1S/C14H27N3O2/c1-3-14(2,11-15)13(19)16-8-7-12(18)17-9-5-4-6-10-17/h3-11,15H2,1-2H3,(H,16,19). The summed E-state index contributed by atoms with van der Waals surface area (Å²) in [5.74, 6) is 0.0925. The van der Waals surface area contributed by atoms with Crippen LogP contribution in [-0.4, -0.2) is 42.9 Å². The van der Waals surface area contributed by atoms with Crippen molar-refractivity contribution < 1.29 is 9.59 Å². The number of amides is 2. The van der Waals surface area contributed by atoms with Gasteiger partial charge >= 0.3 is 0 Å². The summed E-state index contributed by atoms with van der Waals surface area (Å²) < 4.78 is 0. The lowest BCUT2D eigenvalue weighted by Crippen LogP contribution is -2.45. The normalized spacial score (nSPS) is 18.8. The van der Waals surface area contributed by atoms with Crippen molar-refractivity contribution in [2.24, 2.45) is 11.1 Å². The predicted octanol–water partition coefficient (Wildman–Crippen LogP) is 0.880. The lowest BCUT2D eigenvalue weighted by molar-refractivity contribution is -0.132. The molecule has 0 aromatic rings. The summed E-state index contributed by atoms with van der Waals surface area (Å²) in [6.07, 6.45) is 4.50. The summed E-state index contributed by atoms with van der Waals surface area (Å²) in [6.45, 7) is 6.27. The molecule has 1 aliphatic heterocycles. The molecular formula is C14H27N3O2. The molecule has 1 saturated heterocycles. The van der Waals surface area contributed by atoms with Gasteiger partial charge in [-0.05, 0) is 32.6 Å². The van der Waals surface area contributed by atoms with E-state index in [0.717, 1.165) is 25.9 Å². The maximum absolute atomic E-state index is 12.0. The topological polar surface area (TPSA) is 75.4 Å². The smallest absolute Gasteiger partial charge is 0.227 e. The van der Waals surface area contributed by atoms with Crippen molar-refractivity contribution >= 4 is 11.8 Å². The first-order chi connectivity index (χ1) is 9.03. The van der Waals surface area contributed by atoms with Crippen LogP contribution in [0.15, 0.2) is 0 Å². The zero-order valence-corrected chi connectivity index (χ0v) is 12.2. The van der Waals surface area contributed by atoms with Gasteiger partial charge in [0.25, 0.3) is 0 Å². The Labute approximate surface area is 115 Å². The van der Waals surface area contributed by atoms with Gasteiger partial charge in [0, 0.05) is 32.6 Å². The Bertz CT molecular complexity index is 308. The number of hydrogen-bond acceptors (Lipinski definition) is 3. The minimum atomic E-state index is -0.520. The van der Waals surface area contributed by atoms with E-state index in [1.807, 2.05) is 18.7 Å². The van der Waals surface area contributed by atoms with Crippen LogP contribution in [0.25, 0.3) is 0 Å². The summed E-state index contributed by atoms with van der Waals surface area (Å²) in [4.78, 5) is 25.8. The molecule has 3 N–H and O–H groups in total. The molecule has 19 heavy (non-hydrogen) atoms. The van der Waals surface area contributed by atoms with Gasteiger partial charge in [0.2, 0.25) is 11.8 Å². The molecule has 0 spiro atoms. The van der Waals surface area contributed by atoms with E-state index in [-0.39, 0.29) is 11.8 Å². The predicted molar refractivity (Wildman–Crippen MR) is 75.5 cm³/mol. The second kappa shape index (κ2) is 7.48. The second-order valence-corrected chi connectivity index (χ2v) is 5.57. The average Bonchev–Trinajstić information content (AvgIpc) is 2.47. The zero-order valence-electron chi connectivity index (χ0n) is 12.2. The monoisotopic (exact) mass is 269 g/mol. The van der Waals surface area contributed by atoms with Crippen molar-refractivity contribution in [3.63, 3.8) is 0 Å². The number of likely N-dealkylation sites (tertiary alicyclic amines) is 1. The number of hydrogen-bond donors (Lipinski definition) is 2. The lowest BCUT2D eigenvalue weighted by atomic mass is 9.87. The number of nitrogens with zero attached hydrogens (tertiary/aromatic N) is 1. The Hall–Kier alpha value is -1.10. The molecule has 0 saturated carbocycles. The lowest BCUT2D eigenvalue weighted by Gasteiger charge is -2.27. The van der Waals surface area contributed by atoms with Gasteiger partial charge in [-0.1, -0.05) is 6.92 Å². The number of rotatable bonds is 6. The highest BCUT2D eigenvalue weighted by Gasteiger charge is 2.29. The van der Waals surface area contributed by atoms with E-state index in [4.69, 9.17) is 5.73 Å². The highest BCUT2D eigenvalue weighted by molar-refractivity contribution is 5.83. The van der Waals surface area contributed by atoms with Crippen LogP contribution in [0.1, 0.15) is 46.0 Å². The molecule has 1 rings (SSSR count). The van der Waals surface area contributed by atoms with E-state index in [1.54, 1.807) is 0 Å². The van der Waals surface area contributed by atoms with E-state index in [9.17, 15) is 9.59 Å². The van der Waals surface area contributed by atoms with Crippen LogP contribution in [0.3, 0.4) is 0 Å². The van der Waals surface area contributed by atoms with E-state index < -0.39 is 5.41 Å². The van der Waals surface area contributed by atoms with E-state index >= 15 is 0 Å². The van der Waals surface area contributed by atoms with Gasteiger partial charge in [-0.25, -0.2) is 0 Å². The van der Waals surface area contributed by atoms with Crippen molar-refractivity contribution in [2.75, 3.05) is 26.2 Å². The van der Waals surface area contributed by atoms with Gasteiger partial charge in [-0.15, -0.1) is 0 Å². The van der Waals surface area contributed by atoms with Gasteiger partial charge in [0.15, 0.2) is 0 Å². The van der Waals surface area contributed by atoms with E-state index in [2.05, 4.69) is 5.32 Å². The first-order valence-corrected chi connectivity index (χ1v) is 7.29. The molecule has 1 aliphatic rings. The third-order valence-corrected chi connectivity index (χ3v) is 4.11. The molecule has 2 amide bonds. The van der Waals surface area contributed by atoms with Crippen molar-refractivity contribution in [2.45, 2.75) is 46.0 Å². The van der Waals surface area contributed by atoms with Gasteiger partial charge in [-0.3, -0.25) is 9.59 Å². The van der Waals surface area contributed by atoms with Gasteiger partial charge < -0.3 is 16.0 Å². The van der Waals surface area contributed by atoms with Crippen LogP contribution < -0.4 is 11.1 Å². The summed E-state index contributed by atoms with van der Waals surface area (Å²) in [5, 5.41) is 2.83. The average molecular weight is 269 g/mol. The Morgan fingerprint density at radius 3 is 2.42 bits per heavy atom. The maximum atomic E-state index is 12.0. The SMILES string of the molecule is CCC(C)(CN)C(=O)NCCC(=O)N1CCCCC1. The zero-order chi connectivity index (χ0) is 14.3. The van der Waals surface area contributed by atoms with Crippen molar-refractivity contribution in [3.05, 3.63) is 0 Å². The molecule has 1 heterocycles. The van der Waals surface area contributed by atoms with Crippen LogP contribution in [0.2, 0.25) is 0 Å². The molecule has 0 aromatic heterocycles. The quantitative estimate of drug-likeness (QED) is 0.751. The number of piperidine rings is 1. The van der Waals surface area contributed by atoms with Gasteiger partial charge in [-0.2, -0.15) is 0 Å². The molecule has 0 bridgehead atoms. The van der Waals surface area contributed by atoms with Crippen LogP contribution >= 0.6 is 0 Å². The molecule has 0 aliphatic carbocycles. The fraction of sp³-hybridized carbons (Fsp3) is 0.857. The third kappa shape index (κ3) is 4.49. The minimum absolute atomic E-state index is 0.0519. The fourth-order valence-electron chi connectivity index (χ4n) is 2.20. The number of carbonyl (C=O) groups is 2. The van der Waals surface area contributed by atoms with Crippen LogP contribution in [0, 0.1) is 5.41 Å². The van der Waals surface area contributed by atoms with Crippen LogP contribution in [0.4, 0.5) is 0 Å². The third-order valence-electron chi connectivity index (χ3n) is 4.11. The summed E-state index contributed by atoms with van der Waals surface area (Å²) in [6, 6.07) is 0. The Kier molecular flexibility index (Phi) is 6.28. The number of nitrogens with one attached hydrogen (secondary N) is 1. The Morgan fingerprint density at radius 2 is 1.89 bits per heavy atom. The number of nitrogens with two attached hydrogens (primary N) is 1. The highest BCUT2D eigenvalue weighted by Crippen LogP contribution is 2.19. The largest absolute Gasteiger partial charge is 0.355 e. The summed E-state index contributed by atoms with van der Waals surface area (Å²) in [7, 11) is 0. The molecule has 0 aromatic carbocycles. The maximum Gasteiger partial charge on any atom is 0.227 e. The minimum Gasteiger partial charge on any atom is -0.355 e. The van der Waals surface area contributed by atoms with Crippen LogP contribution in [-0.2, 0) is 9.59 Å². The second-order valence-electron chi connectivity index (χ2n) is 5.57. The highest BCUT2D eigenvalue weighted by atomic mass is 16.2. The molecule has 1 atom stereocenters. The fourth-order valence-corrected chi connectivity index (χ4v) is 2.20. The summed E-state index contributed by atoms with van der Waals surface area (Å²) in [5.41, 5.74) is 5.11. The Balaban J connectivity index is 2.29. The van der Waals surface area contributed by atoms with Crippen molar-refractivity contribution in [1.82, 2.24) is 10.2 Å². The molecule has 5 nitrogen and oxygen atoms in total. The molecule has 1 fully saturated rings. The Morgan fingerprint density at radius 1 is 1.26 bits per heavy atom. The molecule has 5 heteroatoms. The molecule has 110 valence electrons. The molecular weight excluding hydrogens is 242 g/mol. The van der Waals surface area contributed by atoms with Gasteiger partial charge in [0.05, 0.1) is 5.41 Å². The van der Waals surface area contributed by atoms with E-state index in [0.29, 0.717) is 25.9 Å². The first kappa shape index (κ1) is 16.0. The first-order valence-electron chi connectivity index (χ1n) is 7.29. The van der Waals surface area contributed by atoms with Gasteiger partial charge in [0.1, 0.15) is 0 Å². The molecule has 0 radical (unpaired) electrons. The van der Waals surface area contributed by atoms with Crippen molar-refractivity contribution in [1.29, 1.82) is 0 Å². The van der Waals surface area contributed by atoms with E-state index in [1.165, 1.54) is 6.42 Å². The molecule has 1 unspecified atom stereocenters. The van der Waals surface area contributed by atoms with Crippen molar-refractivity contribution in [3.8, 4) is 0 Å². The summed E-state index contributed by atoms with van der Waals surface area (Å²) >= 11 is 0.